The van der Waals surface area contributed by atoms with E-state index in [2.05, 4.69) is 20.5 Å². The van der Waals surface area contributed by atoms with Gasteiger partial charge in [-0.3, -0.25) is 9.69 Å². The average molecular weight is 386 g/mol. The highest BCUT2D eigenvalue weighted by Crippen LogP contribution is 2.25. The molecule has 150 valence electrons. The maximum absolute atomic E-state index is 12.1. The van der Waals surface area contributed by atoms with Crippen LogP contribution in [0.3, 0.4) is 0 Å². The van der Waals surface area contributed by atoms with Gasteiger partial charge in [-0.15, -0.1) is 0 Å². The fourth-order valence-corrected chi connectivity index (χ4v) is 2.82. The Labute approximate surface area is 164 Å². The lowest BCUT2D eigenvalue weighted by Gasteiger charge is -2.26. The second-order valence-corrected chi connectivity index (χ2v) is 6.30. The average Bonchev–Trinajstić information content (AvgIpc) is 2.74. The normalized spacial score (nSPS) is 14.3. The van der Waals surface area contributed by atoms with Crippen LogP contribution in [0.1, 0.15) is 0 Å². The lowest BCUT2D eigenvalue weighted by molar-refractivity contribution is -0.118. The summed E-state index contributed by atoms with van der Waals surface area (Å²) in [6.45, 7) is 5.22. The van der Waals surface area contributed by atoms with Crippen molar-refractivity contribution in [3.8, 4) is 11.5 Å². The molecule has 0 radical (unpaired) electrons. The number of pyridine rings is 1. The van der Waals surface area contributed by atoms with E-state index in [4.69, 9.17) is 14.2 Å². The first-order chi connectivity index (χ1) is 13.7. The molecule has 1 aliphatic rings. The zero-order valence-electron chi connectivity index (χ0n) is 16.0. The zero-order valence-corrected chi connectivity index (χ0v) is 16.0. The number of methoxy groups -OCH3 is 1. The van der Waals surface area contributed by atoms with Crippen molar-refractivity contribution < 1.29 is 19.0 Å². The van der Waals surface area contributed by atoms with E-state index >= 15 is 0 Å². The van der Waals surface area contributed by atoms with E-state index in [1.54, 1.807) is 31.5 Å². The SMILES string of the molecule is COc1ccccc1OCC(=O)Nc1ccc(NCCN2CCOCC2)cn1. The molecule has 28 heavy (non-hydrogen) atoms. The molecule has 0 unspecified atom stereocenters. The standard InChI is InChI=1S/C20H26N4O4/c1-26-17-4-2-3-5-18(17)28-15-20(25)23-19-7-6-16(14-22-19)21-8-9-24-10-12-27-13-11-24/h2-7,14,21H,8-13,15H2,1H3,(H,22,23,25). The van der Waals surface area contributed by atoms with E-state index < -0.39 is 0 Å². The highest BCUT2D eigenvalue weighted by Gasteiger charge is 2.10. The minimum Gasteiger partial charge on any atom is -0.493 e. The molecule has 0 spiro atoms. The molecule has 2 aromatic rings. The molecule has 1 aromatic carbocycles. The number of anilines is 2. The van der Waals surface area contributed by atoms with Gasteiger partial charge >= 0.3 is 0 Å². The van der Waals surface area contributed by atoms with Gasteiger partial charge in [0, 0.05) is 26.2 Å². The summed E-state index contributed by atoms with van der Waals surface area (Å²) in [6, 6.07) is 10.8. The van der Waals surface area contributed by atoms with Gasteiger partial charge in [0.25, 0.3) is 5.91 Å². The van der Waals surface area contributed by atoms with Gasteiger partial charge in [-0.25, -0.2) is 4.98 Å². The Morgan fingerprint density at radius 2 is 1.96 bits per heavy atom. The second-order valence-electron chi connectivity index (χ2n) is 6.30. The fourth-order valence-electron chi connectivity index (χ4n) is 2.82. The molecule has 1 saturated heterocycles. The van der Waals surface area contributed by atoms with E-state index in [0.717, 1.165) is 45.1 Å². The zero-order chi connectivity index (χ0) is 19.6. The monoisotopic (exact) mass is 386 g/mol. The number of carbonyl (C=O) groups excluding carboxylic acids is 1. The Morgan fingerprint density at radius 1 is 1.18 bits per heavy atom. The molecule has 0 aliphatic carbocycles. The summed E-state index contributed by atoms with van der Waals surface area (Å²) >= 11 is 0. The topological polar surface area (TPSA) is 85.0 Å². The van der Waals surface area contributed by atoms with Crippen LogP contribution in [0, 0.1) is 0 Å². The number of morpholine rings is 1. The summed E-state index contributed by atoms with van der Waals surface area (Å²) in [5.41, 5.74) is 0.913. The molecule has 1 aromatic heterocycles. The molecular formula is C20H26N4O4. The molecule has 3 rings (SSSR count). The molecule has 0 bridgehead atoms. The number of amides is 1. The van der Waals surface area contributed by atoms with Crippen LogP contribution in [0.2, 0.25) is 0 Å². The van der Waals surface area contributed by atoms with Crippen molar-refractivity contribution >= 4 is 17.4 Å². The Hall–Kier alpha value is -2.84. The molecular weight excluding hydrogens is 360 g/mol. The van der Waals surface area contributed by atoms with E-state index in [-0.39, 0.29) is 12.5 Å². The largest absolute Gasteiger partial charge is 0.493 e. The summed E-state index contributed by atoms with van der Waals surface area (Å²) in [7, 11) is 1.56. The first-order valence-corrected chi connectivity index (χ1v) is 9.30. The van der Waals surface area contributed by atoms with Gasteiger partial charge in [0.05, 0.1) is 32.2 Å². The third-order valence-electron chi connectivity index (χ3n) is 4.32. The maximum atomic E-state index is 12.1. The lowest BCUT2D eigenvalue weighted by atomic mass is 10.3. The molecule has 2 heterocycles. The molecule has 0 saturated carbocycles. The number of aromatic nitrogens is 1. The van der Waals surface area contributed by atoms with Crippen molar-refractivity contribution in [2.45, 2.75) is 0 Å². The van der Waals surface area contributed by atoms with Crippen molar-refractivity contribution in [1.29, 1.82) is 0 Å². The highest BCUT2D eigenvalue weighted by atomic mass is 16.5. The van der Waals surface area contributed by atoms with Crippen LogP contribution in [0.5, 0.6) is 11.5 Å². The first kappa shape index (κ1) is 19.9. The fraction of sp³-hybridized carbons (Fsp3) is 0.400. The van der Waals surface area contributed by atoms with Gasteiger partial charge in [0.1, 0.15) is 5.82 Å². The summed E-state index contributed by atoms with van der Waals surface area (Å²) in [5.74, 6) is 1.30. The molecule has 1 amide bonds. The predicted octanol–water partition coefficient (Wildman–Crippen LogP) is 1.85. The van der Waals surface area contributed by atoms with Crippen molar-refractivity contribution in [3.05, 3.63) is 42.6 Å². The van der Waals surface area contributed by atoms with Crippen molar-refractivity contribution in [2.24, 2.45) is 0 Å². The lowest BCUT2D eigenvalue weighted by Crippen LogP contribution is -2.39. The quantitative estimate of drug-likeness (QED) is 0.680. The molecule has 1 aliphatic heterocycles. The summed E-state index contributed by atoms with van der Waals surface area (Å²) in [6.07, 6.45) is 1.70. The summed E-state index contributed by atoms with van der Waals surface area (Å²) < 4.78 is 16.0. The molecule has 1 fully saturated rings. The number of nitrogens with one attached hydrogen (secondary N) is 2. The van der Waals surface area contributed by atoms with Crippen LogP contribution >= 0.6 is 0 Å². The molecule has 2 N–H and O–H groups in total. The smallest absolute Gasteiger partial charge is 0.263 e. The van der Waals surface area contributed by atoms with Crippen LogP contribution < -0.4 is 20.1 Å². The molecule has 8 heteroatoms. The number of rotatable bonds is 9. The van der Waals surface area contributed by atoms with E-state index in [9.17, 15) is 4.79 Å². The van der Waals surface area contributed by atoms with E-state index in [1.165, 1.54) is 0 Å². The third kappa shape index (κ3) is 6.11. The Morgan fingerprint density at radius 3 is 2.68 bits per heavy atom. The van der Waals surface area contributed by atoms with Crippen LogP contribution in [0.4, 0.5) is 11.5 Å². The number of hydrogen-bond acceptors (Lipinski definition) is 7. The second kappa shape index (κ2) is 10.5. The van der Waals surface area contributed by atoms with Gasteiger partial charge in [-0.1, -0.05) is 12.1 Å². The Kier molecular flexibility index (Phi) is 7.45. The van der Waals surface area contributed by atoms with Gasteiger partial charge in [0.15, 0.2) is 18.1 Å². The van der Waals surface area contributed by atoms with Gasteiger partial charge in [-0.2, -0.15) is 0 Å². The number of ether oxygens (including phenoxy) is 3. The number of carbonyl (C=O) groups is 1. The van der Waals surface area contributed by atoms with Crippen LogP contribution in [0.25, 0.3) is 0 Å². The molecule has 0 atom stereocenters. The first-order valence-electron chi connectivity index (χ1n) is 9.30. The van der Waals surface area contributed by atoms with Crippen LogP contribution in [-0.2, 0) is 9.53 Å². The van der Waals surface area contributed by atoms with Crippen molar-refractivity contribution in [1.82, 2.24) is 9.88 Å². The summed E-state index contributed by atoms with van der Waals surface area (Å²) in [5, 5.41) is 6.05. The van der Waals surface area contributed by atoms with Crippen LogP contribution in [0.15, 0.2) is 42.6 Å². The number of benzene rings is 1. The minimum absolute atomic E-state index is 0.123. The van der Waals surface area contributed by atoms with Gasteiger partial charge < -0.3 is 24.8 Å². The predicted molar refractivity (Wildman–Crippen MR) is 107 cm³/mol. The number of nitrogens with zero attached hydrogens (tertiary/aromatic N) is 2. The summed E-state index contributed by atoms with van der Waals surface area (Å²) in [4.78, 5) is 18.7. The minimum atomic E-state index is -0.286. The number of para-hydroxylation sites is 2. The third-order valence-corrected chi connectivity index (χ3v) is 4.32. The van der Waals surface area contributed by atoms with E-state index in [1.807, 2.05) is 18.2 Å². The Bertz CT molecular complexity index is 748. The maximum Gasteiger partial charge on any atom is 0.263 e. The van der Waals surface area contributed by atoms with Gasteiger partial charge in [-0.05, 0) is 24.3 Å². The Balaban J connectivity index is 1.40. The highest BCUT2D eigenvalue weighted by molar-refractivity contribution is 5.91. The number of hydrogen-bond donors (Lipinski definition) is 2. The van der Waals surface area contributed by atoms with Crippen molar-refractivity contribution in [3.63, 3.8) is 0 Å². The van der Waals surface area contributed by atoms with E-state index in [0.29, 0.717) is 17.3 Å². The van der Waals surface area contributed by atoms with Gasteiger partial charge in [0.2, 0.25) is 0 Å². The van der Waals surface area contributed by atoms with Crippen LogP contribution in [-0.4, -0.2) is 68.9 Å². The molecule has 8 nitrogen and oxygen atoms in total. The van der Waals surface area contributed by atoms with Crippen molar-refractivity contribution in [2.75, 3.05) is 63.7 Å².